The van der Waals surface area contributed by atoms with Gasteiger partial charge in [0, 0.05) is 13.0 Å². The van der Waals surface area contributed by atoms with Crippen LogP contribution in [0.15, 0.2) is 24.3 Å². The quantitative estimate of drug-likeness (QED) is 0.485. The average Bonchev–Trinajstić information content (AvgIpc) is 2.37. The second kappa shape index (κ2) is 18.3. The first-order chi connectivity index (χ1) is 8.68. The van der Waals surface area contributed by atoms with Crippen LogP contribution in [0.2, 0.25) is 0 Å². The van der Waals surface area contributed by atoms with Gasteiger partial charge in [0.2, 0.25) is 0 Å². The largest absolute Gasteiger partial charge is 0.481 e. The van der Waals surface area contributed by atoms with Gasteiger partial charge >= 0.3 is 5.97 Å². The molecule has 0 atom stereocenters. The number of aliphatic carboxylic acids is 1. The highest BCUT2D eigenvalue weighted by Crippen LogP contribution is 1.97. The van der Waals surface area contributed by atoms with Crippen LogP contribution in [-0.2, 0) is 4.79 Å². The minimum Gasteiger partial charge on any atom is -0.481 e. The second-order valence-electron chi connectivity index (χ2n) is 3.97. The highest BCUT2D eigenvalue weighted by atomic mass is 16.4. The second-order valence-corrected chi connectivity index (χ2v) is 3.97. The predicted molar refractivity (Wildman–Crippen MR) is 76.7 cm³/mol. The van der Waals surface area contributed by atoms with E-state index in [1.165, 1.54) is 19.3 Å². The van der Waals surface area contributed by atoms with Gasteiger partial charge in [0.25, 0.3) is 0 Å². The molecule has 0 aromatic carbocycles. The van der Waals surface area contributed by atoms with E-state index < -0.39 is 5.97 Å². The Morgan fingerprint density at radius 3 is 1.89 bits per heavy atom. The van der Waals surface area contributed by atoms with Gasteiger partial charge in [-0.1, -0.05) is 51.0 Å². The molecule has 0 aromatic rings. The van der Waals surface area contributed by atoms with Crippen LogP contribution in [0.3, 0.4) is 0 Å². The fraction of sp³-hybridized carbons (Fsp3) is 0.667. The van der Waals surface area contributed by atoms with Crippen LogP contribution in [-0.4, -0.2) is 22.8 Å². The van der Waals surface area contributed by atoms with Crippen molar-refractivity contribution in [3.63, 3.8) is 0 Å². The lowest BCUT2D eigenvalue weighted by Gasteiger charge is -1.89. The van der Waals surface area contributed by atoms with Crippen molar-refractivity contribution in [3.8, 4) is 0 Å². The van der Waals surface area contributed by atoms with Gasteiger partial charge in [-0.3, -0.25) is 4.79 Å². The summed E-state index contributed by atoms with van der Waals surface area (Å²) in [5, 5.41) is 16.3. The molecule has 0 amide bonds. The van der Waals surface area contributed by atoms with Gasteiger partial charge < -0.3 is 10.2 Å². The Balaban J connectivity index is 0. The van der Waals surface area contributed by atoms with Gasteiger partial charge in [-0.2, -0.15) is 0 Å². The van der Waals surface area contributed by atoms with Crippen molar-refractivity contribution in [2.75, 3.05) is 6.61 Å². The van der Waals surface area contributed by atoms with Crippen LogP contribution in [0, 0.1) is 0 Å². The maximum Gasteiger partial charge on any atom is 0.303 e. The SMILES string of the molecule is CCC(=O)O.CCCC/C=C/C=C\CCCCO. The Morgan fingerprint density at radius 2 is 1.50 bits per heavy atom. The number of allylic oxidation sites excluding steroid dienone is 4. The van der Waals surface area contributed by atoms with Crippen LogP contribution in [0.4, 0.5) is 0 Å². The van der Waals surface area contributed by atoms with Crippen LogP contribution >= 0.6 is 0 Å². The summed E-state index contributed by atoms with van der Waals surface area (Å²) in [7, 11) is 0. The molecule has 0 heterocycles. The van der Waals surface area contributed by atoms with Crippen molar-refractivity contribution < 1.29 is 15.0 Å². The molecule has 0 aliphatic rings. The van der Waals surface area contributed by atoms with Gasteiger partial charge in [0.15, 0.2) is 0 Å². The smallest absolute Gasteiger partial charge is 0.303 e. The number of aliphatic hydroxyl groups excluding tert-OH is 1. The minimum absolute atomic E-state index is 0.222. The van der Waals surface area contributed by atoms with E-state index in [-0.39, 0.29) is 6.42 Å². The Kier molecular flexibility index (Phi) is 19.6. The summed E-state index contributed by atoms with van der Waals surface area (Å²) in [5.41, 5.74) is 0. The third-order valence-corrected chi connectivity index (χ3v) is 2.19. The highest BCUT2D eigenvalue weighted by molar-refractivity contribution is 5.66. The molecule has 0 radical (unpaired) electrons. The molecule has 3 nitrogen and oxygen atoms in total. The first kappa shape index (κ1) is 19.3. The molecule has 3 heteroatoms. The lowest BCUT2D eigenvalue weighted by Crippen LogP contribution is -1.86. The first-order valence-electron chi connectivity index (χ1n) is 6.83. The number of carboxylic acids is 1. The molecule has 0 saturated carbocycles. The van der Waals surface area contributed by atoms with E-state index in [0.29, 0.717) is 6.61 Å². The Bertz CT molecular complexity index is 220. The van der Waals surface area contributed by atoms with Crippen LogP contribution in [0.25, 0.3) is 0 Å². The summed E-state index contributed by atoms with van der Waals surface area (Å²) in [6.07, 6.45) is 15.7. The maximum absolute atomic E-state index is 9.37. The zero-order valence-corrected chi connectivity index (χ0v) is 11.8. The van der Waals surface area contributed by atoms with Crippen LogP contribution < -0.4 is 0 Å². The molecule has 106 valence electrons. The van der Waals surface area contributed by atoms with E-state index in [4.69, 9.17) is 10.2 Å². The topological polar surface area (TPSA) is 57.5 Å². The van der Waals surface area contributed by atoms with Crippen molar-refractivity contribution in [3.05, 3.63) is 24.3 Å². The predicted octanol–water partition coefficient (Wildman–Crippen LogP) is 3.93. The number of aliphatic hydroxyl groups is 1. The third kappa shape index (κ3) is 24.2. The first-order valence-corrected chi connectivity index (χ1v) is 6.83. The molecule has 0 fully saturated rings. The monoisotopic (exact) mass is 256 g/mol. The molecule has 0 rings (SSSR count). The van der Waals surface area contributed by atoms with Gasteiger partial charge in [0.05, 0.1) is 0 Å². The summed E-state index contributed by atoms with van der Waals surface area (Å²) in [5.74, 6) is -0.745. The highest BCUT2D eigenvalue weighted by Gasteiger charge is 1.81. The van der Waals surface area contributed by atoms with E-state index in [2.05, 4.69) is 31.2 Å². The lowest BCUT2D eigenvalue weighted by atomic mass is 10.2. The number of hydrogen-bond donors (Lipinski definition) is 2. The van der Waals surface area contributed by atoms with Gasteiger partial charge in [-0.25, -0.2) is 0 Å². The van der Waals surface area contributed by atoms with E-state index >= 15 is 0 Å². The van der Waals surface area contributed by atoms with Crippen molar-refractivity contribution in [1.82, 2.24) is 0 Å². The Labute approximate surface area is 111 Å². The van der Waals surface area contributed by atoms with Crippen LogP contribution in [0.1, 0.15) is 58.8 Å². The molecule has 0 aromatic heterocycles. The molecule has 0 aliphatic carbocycles. The summed E-state index contributed by atoms with van der Waals surface area (Å²) < 4.78 is 0. The van der Waals surface area contributed by atoms with Crippen molar-refractivity contribution in [2.24, 2.45) is 0 Å². The number of rotatable bonds is 9. The number of unbranched alkanes of at least 4 members (excludes halogenated alkanes) is 4. The van der Waals surface area contributed by atoms with E-state index in [1.54, 1.807) is 6.92 Å². The molecular weight excluding hydrogens is 228 g/mol. The molecular formula is C15H28O3. The number of hydrogen-bond acceptors (Lipinski definition) is 2. The van der Waals surface area contributed by atoms with Gasteiger partial charge in [-0.05, 0) is 25.7 Å². The van der Waals surface area contributed by atoms with Crippen molar-refractivity contribution in [2.45, 2.75) is 58.8 Å². The summed E-state index contributed by atoms with van der Waals surface area (Å²) in [6.45, 7) is 4.13. The van der Waals surface area contributed by atoms with E-state index in [9.17, 15) is 4.79 Å². The summed E-state index contributed by atoms with van der Waals surface area (Å²) in [4.78, 5) is 9.37. The fourth-order valence-electron chi connectivity index (χ4n) is 1.05. The average molecular weight is 256 g/mol. The molecule has 2 N–H and O–H groups in total. The number of carboxylic acid groups (broad SMARTS) is 1. The van der Waals surface area contributed by atoms with Crippen LogP contribution in [0.5, 0.6) is 0 Å². The molecule has 0 aliphatic heterocycles. The Morgan fingerprint density at radius 1 is 1.00 bits per heavy atom. The molecule has 0 saturated heterocycles. The summed E-state index contributed by atoms with van der Waals surface area (Å²) in [6, 6.07) is 0. The molecule has 0 spiro atoms. The maximum atomic E-state index is 9.37. The zero-order chi connectivity index (χ0) is 14.1. The number of carbonyl (C=O) groups is 1. The van der Waals surface area contributed by atoms with Gasteiger partial charge in [-0.15, -0.1) is 0 Å². The van der Waals surface area contributed by atoms with Crippen molar-refractivity contribution in [1.29, 1.82) is 0 Å². The van der Waals surface area contributed by atoms with Gasteiger partial charge in [0.1, 0.15) is 0 Å². The van der Waals surface area contributed by atoms with E-state index in [0.717, 1.165) is 19.3 Å². The molecule has 18 heavy (non-hydrogen) atoms. The normalized spacial score (nSPS) is 10.6. The van der Waals surface area contributed by atoms with E-state index in [1.807, 2.05) is 0 Å². The summed E-state index contributed by atoms with van der Waals surface area (Å²) >= 11 is 0. The third-order valence-electron chi connectivity index (χ3n) is 2.19. The lowest BCUT2D eigenvalue weighted by molar-refractivity contribution is -0.136. The fourth-order valence-corrected chi connectivity index (χ4v) is 1.05. The Hall–Kier alpha value is -1.09. The van der Waals surface area contributed by atoms with Crippen molar-refractivity contribution >= 4 is 5.97 Å². The molecule has 0 bridgehead atoms. The zero-order valence-electron chi connectivity index (χ0n) is 11.8. The standard InChI is InChI=1S/C12H22O.C3H6O2/c1-2-3-4-5-6-7-8-9-10-11-12-13;1-2-3(4)5/h5-8,13H,2-4,9-12H2,1H3;2H2,1H3,(H,4,5)/b6-5+,8-7-;. The molecule has 0 unspecified atom stereocenters. The minimum atomic E-state index is -0.745.